The number of rotatable bonds is 3. The first-order valence-electron chi connectivity index (χ1n) is 5.61. The maximum Gasteiger partial charge on any atom is 0.127 e. The van der Waals surface area contributed by atoms with Gasteiger partial charge in [-0.1, -0.05) is 31.2 Å². The second kappa shape index (κ2) is 4.84. The molecule has 82 valence electrons. The van der Waals surface area contributed by atoms with Crippen molar-refractivity contribution in [2.24, 2.45) is 0 Å². The van der Waals surface area contributed by atoms with E-state index in [0.717, 1.165) is 17.9 Å². The van der Waals surface area contributed by atoms with Crippen molar-refractivity contribution < 1.29 is 4.74 Å². The summed E-state index contributed by atoms with van der Waals surface area (Å²) < 4.78 is 5.80. The second-order valence-electron chi connectivity index (χ2n) is 3.92. The lowest BCUT2D eigenvalue weighted by Gasteiger charge is -2.08. The van der Waals surface area contributed by atoms with E-state index in [1.54, 1.807) is 0 Å². The molecule has 0 aromatic heterocycles. The summed E-state index contributed by atoms with van der Waals surface area (Å²) in [6, 6.07) is 16.2. The number of ether oxygens (including phenoxy) is 1. The Morgan fingerprint density at radius 3 is 2.38 bits per heavy atom. The smallest absolute Gasteiger partial charge is 0.127 e. The van der Waals surface area contributed by atoms with Gasteiger partial charge in [-0.15, -0.1) is 0 Å². The third kappa shape index (κ3) is 2.63. The van der Waals surface area contributed by atoms with Gasteiger partial charge in [-0.25, -0.2) is 0 Å². The number of hydrogen-bond acceptors (Lipinski definition) is 1. The van der Waals surface area contributed by atoms with E-state index in [4.69, 9.17) is 4.74 Å². The fourth-order valence-corrected chi connectivity index (χ4v) is 1.71. The first-order chi connectivity index (χ1) is 7.78. The highest BCUT2D eigenvalue weighted by molar-refractivity contribution is 5.37. The van der Waals surface area contributed by atoms with Gasteiger partial charge in [-0.05, 0) is 48.7 Å². The van der Waals surface area contributed by atoms with Gasteiger partial charge in [0.1, 0.15) is 11.5 Å². The minimum Gasteiger partial charge on any atom is -0.457 e. The fraction of sp³-hybridized carbons (Fsp3) is 0.200. The molecular weight excluding hydrogens is 196 g/mol. The third-order valence-corrected chi connectivity index (χ3v) is 2.50. The summed E-state index contributed by atoms with van der Waals surface area (Å²) in [7, 11) is 0. The molecule has 0 heterocycles. The maximum atomic E-state index is 5.80. The van der Waals surface area contributed by atoms with Crippen LogP contribution < -0.4 is 4.74 Å². The highest BCUT2D eigenvalue weighted by Crippen LogP contribution is 2.23. The van der Waals surface area contributed by atoms with E-state index in [-0.39, 0.29) is 0 Å². The van der Waals surface area contributed by atoms with Crippen LogP contribution in [0.5, 0.6) is 11.5 Å². The number of aryl methyl sites for hydroxylation is 2. The molecule has 0 aliphatic rings. The summed E-state index contributed by atoms with van der Waals surface area (Å²) in [5, 5.41) is 0. The Morgan fingerprint density at radius 2 is 1.69 bits per heavy atom. The van der Waals surface area contributed by atoms with Crippen LogP contribution in [0, 0.1) is 6.92 Å². The molecule has 0 spiro atoms. The summed E-state index contributed by atoms with van der Waals surface area (Å²) in [5.41, 5.74) is 2.55. The molecule has 2 aromatic carbocycles. The monoisotopic (exact) mass is 212 g/mol. The van der Waals surface area contributed by atoms with Crippen LogP contribution in [0.1, 0.15) is 18.1 Å². The minimum absolute atomic E-state index is 0.884. The van der Waals surface area contributed by atoms with Crippen molar-refractivity contribution >= 4 is 0 Å². The van der Waals surface area contributed by atoms with Gasteiger partial charge in [0.05, 0.1) is 0 Å². The van der Waals surface area contributed by atoms with Crippen molar-refractivity contribution in [2.45, 2.75) is 20.3 Å². The quantitative estimate of drug-likeness (QED) is 0.735. The molecule has 0 amide bonds. The van der Waals surface area contributed by atoms with Crippen LogP contribution in [0.3, 0.4) is 0 Å². The Kier molecular flexibility index (Phi) is 3.25. The SMILES string of the molecule is CCc1cc(C)cc(Oc2ccccc2)c1. The molecule has 1 nitrogen and oxygen atoms in total. The average molecular weight is 212 g/mol. The van der Waals surface area contributed by atoms with Crippen molar-refractivity contribution in [3.05, 3.63) is 59.7 Å². The molecule has 0 aliphatic heterocycles. The highest BCUT2D eigenvalue weighted by Gasteiger charge is 1.99. The van der Waals surface area contributed by atoms with Crippen molar-refractivity contribution in [1.29, 1.82) is 0 Å². The Balaban J connectivity index is 2.24. The molecule has 0 unspecified atom stereocenters. The predicted octanol–water partition coefficient (Wildman–Crippen LogP) is 4.35. The lowest BCUT2D eigenvalue weighted by atomic mass is 10.1. The van der Waals surface area contributed by atoms with E-state index in [1.165, 1.54) is 11.1 Å². The van der Waals surface area contributed by atoms with Crippen molar-refractivity contribution in [3.8, 4) is 11.5 Å². The van der Waals surface area contributed by atoms with E-state index in [1.807, 2.05) is 30.3 Å². The van der Waals surface area contributed by atoms with Gasteiger partial charge in [0, 0.05) is 0 Å². The van der Waals surface area contributed by atoms with Crippen LogP contribution >= 0.6 is 0 Å². The van der Waals surface area contributed by atoms with Gasteiger partial charge >= 0.3 is 0 Å². The van der Waals surface area contributed by atoms with Crippen molar-refractivity contribution in [2.75, 3.05) is 0 Å². The maximum absolute atomic E-state index is 5.80. The summed E-state index contributed by atoms with van der Waals surface area (Å²) in [6.07, 6.45) is 1.03. The minimum atomic E-state index is 0.884. The molecule has 0 saturated heterocycles. The van der Waals surface area contributed by atoms with Crippen LogP contribution in [0.4, 0.5) is 0 Å². The van der Waals surface area contributed by atoms with Gasteiger partial charge in [0.25, 0.3) is 0 Å². The topological polar surface area (TPSA) is 9.23 Å². The number of benzene rings is 2. The lowest BCUT2D eigenvalue weighted by Crippen LogP contribution is -1.88. The zero-order chi connectivity index (χ0) is 11.4. The Labute approximate surface area is 96.7 Å². The standard InChI is InChI=1S/C15H16O/c1-3-13-9-12(2)10-15(11-13)16-14-7-5-4-6-8-14/h4-11H,3H2,1-2H3. The normalized spacial score (nSPS) is 10.1. The van der Waals surface area contributed by atoms with Crippen molar-refractivity contribution in [1.82, 2.24) is 0 Å². The molecule has 1 heteroatoms. The lowest BCUT2D eigenvalue weighted by molar-refractivity contribution is 0.481. The highest BCUT2D eigenvalue weighted by atomic mass is 16.5. The van der Waals surface area contributed by atoms with Crippen molar-refractivity contribution in [3.63, 3.8) is 0 Å². The van der Waals surface area contributed by atoms with E-state index >= 15 is 0 Å². The van der Waals surface area contributed by atoms with E-state index in [9.17, 15) is 0 Å². The third-order valence-electron chi connectivity index (χ3n) is 2.50. The van der Waals surface area contributed by atoms with Gasteiger partial charge < -0.3 is 4.74 Å². The summed E-state index contributed by atoms with van der Waals surface area (Å²) in [4.78, 5) is 0. The molecule has 0 saturated carbocycles. The first-order valence-corrected chi connectivity index (χ1v) is 5.61. The zero-order valence-electron chi connectivity index (χ0n) is 9.73. The first kappa shape index (κ1) is 10.7. The molecule has 0 bridgehead atoms. The van der Waals surface area contributed by atoms with Crippen LogP contribution in [0.25, 0.3) is 0 Å². The van der Waals surface area contributed by atoms with Crippen LogP contribution in [0.2, 0.25) is 0 Å². The van der Waals surface area contributed by atoms with E-state index < -0.39 is 0 Å². The Bertz CT molecular complexity index is 460. The van der Waals surface area contributed by atoms with Gasteiger partial charge in [0.2, 0.25) is 0 Å². The summed E-state index contributed by atoms with van der Waals surface area (Å²) in [5.74, 6) is 1.80. The molecule has 0 aliphatic carbocycles. The molecular formula is C15H16O. The molecule has 0 radical (unpaired) electrons. The largest absolute Gasteiger partial charge is 0.457 e. The molecule has 2 rings (SSSR count). The zero-order valence-corrected chi connectivity index (χ0v) is 9.73. The fourth-order valence-electron chi connectivity index (χ4n) is 1.71. The summed E-state index contributed by atoms with van der Waals surface area (Å²) >= 11 is 0. The van der Waals surface area contributed by atoms with Gasteiger partial charge in [-0.3, -0.25) is 0 Å². The molecule has 0 atom stereocenters. The van der Waals surface area contributed by atoms with Gasteiger partial charge in [-0.2, -0.15) is 0 Å². The number of para-hydroxylation sites is 1. The van der Waals surface area contributed by atoms with Crippen LogP contribution in [-0.4, -0.2) is 0 Å². The average Bonchev–Trinajstić information content (AvgIpc) is 2.29. The number of hydrogen-bond donors (Lipinski definition) is 0. The van der Waals surface area contributed by atoms with E-state index in [2.05, 4.69) is 32.0 Å². The second-order valence-corrected chi connectivity index (χ2v) is 3.92. The molecule has 16 heavy (non-hydrogen) atoms. The molecule has 0 fully saturated rings. The van der Waals surface area contributed by atoms with Crippen LogP contribution in [-0.2, 0) is 6.42 Å². The molecule has 0 N–H and O–H groups in total. The van der Waals surface area contributed by atoms with Crippen LogP contribution in [0.15, 0.2) is 48.5 Å². The summed E-state index contributed by atoms with van der Waals surface area (Å²) in [6.45, 7) is 4.25. The Hall–Kier alpha value is -1.76. The molecule has 2 aromatic rings. The van der Waals surface area contributed by atoms with E-state index in [0.29, 0.717) is 0 Å². The predicted molar refractivity (Wildman–Crippen MR) is 67.1 cm³/mol. The Morgan fingerprint density at radius 1 is 0.938 bits per heavy atom. The van der Waals surface area contributed by atoms with Gasteiger partial charge in [0.15, 0.2) is 0 Å².